The number of hydrogen-bond donors (Lipinski definition) is 0. The lowest BCUT2D eigenvalue weighted by Crippen LogP contribution is -2.24. The van der Waals surface area contributed by atoms with Crippen molar-refractivity contribution in [1.29, 1.82) is 0 Å². The number of amides is 1. The van der Waals surface area contributed by atoms with Crippen molar-refractivity contribution in [1.82, 2.24) is 9.88 Å². The maximum Gasteiger partial charge on any atom is 0.333 e. The standard InChI is InChI=1S/C17H15ClN2O3S2/c1-2-23-16(22)7-15-20(14(21)10-24-15)8-13-9-25-17(19-13)11-3-5-12(18)6-4-11/h3-7,9H,2,8,10H2,1H3. The van der Waals surface area contributed by atoms with Crippen LogP contribution < -0.4 is 0 Å². The van der Waals surface area contributed by atoms with Crippen LogP contribution in [0.15, 0.2) is 40.8 Å². The van der Waals surface area contributed by atoms with Gasteiger partial charge in [0.05, 0.1) is 35.7 Å². The van der Waals surface area contributed by atoms with Crippen LogP contribution in [0.1, 0.15) is 12.6 Å². The quantitative estimate of drug-likeness (QED) is 0.567. The van der Waals surface area contributed by atoms with Gasteiger partial charge in [-0.1, -0.05) is 35.5 Å². The number of thioether (sulfide) groups is 1. The van der Waals surface area contributed by atoms with E-state index in [-0.39, 0.29) is 5.91 Å². The molecule has 3 rings (SSSR count). The molecule has 8 heteroatoms. The highest BCUT2D eigenvalue weighted by Crippen LogP contribution is 2.32. The fraction of sp³-hybridized carbons (Fsp3) is 0.235. The Bertz CT molecular complexity index is 818. The van der Waals surface area contributed by atoms with Gasteiger partial charge in [-0.05, 0) is 19.1 Å². The van der Waals surface area contributed by atoms with Crippen molar-refractivity contribution in [3.63, 3.8) is 0 Å². The molecule has 1 aromatic heterocycles. The topological polar surface area (TPSA) is 59.5 Å². The molecule has 2 heterocycles. The van der Waals surface area contributed by atoms with Crippen LogP contribution in [0.2, 0.25) is 5.02 Å². The van der Waals surface area contributed by atoms with Gasteiger partial charge < -0.3 is 4.74 Å². The molecule has 25 heavy (non-hydrogen) atoms. The highest BCUT2D eigenvalue weighted by Gasteiger charge is 2.28. The summed E-state index contributed by atoms with van der Waals surface area (Å²) in [7, 11) is 0. The maximum atomic E-state index is 12.1. The summed E-state index contributed by atoms with van der Waals surface area (Å²) in [5, 5.41) is 4.06. The fourth-order valence-corrected chi connectivity index (χ4v) is 4.12. The molecule has 0 radical (unpaired) electrons. The van der Waals surface area contributed by atoms with Crippen molar-refractivity contribution in [2.75, 3.05) is 12.4 Å². The summed E-state index contributed by atoms with van der Waals surface area (Å²) in [6.45, 7) is 2.38. The number of halogens is 1. The Hall–Kier alpha value is -1.83. The van der Waals surface area contributed by atoms with E-state index in [2.05, 4.69) is 4.98 Å². The van der Waals surface area contributed by atoms with Gasteiger partial charge in [0.2, 0.25) is 5.91 Å². The summed E-state index contributed by atoms with van der Waals surface area (Å²) < 4.78 is 4.92. The molecule has 1 amide bonds. The zero-order chi connectivity index (χ0) is 17.8. The van der Waals surface area contributed by atoms with Crippen molar-refractivity contribution < 1.29 is 14.3 Å². The third kappa shape index (κ3) is 4.42. The number of nitrogens with zero attached hydrogens (tertiary/aromatic N) is 2. The normalized spacial score (nSPS) is 15.8. The van der Waals surface area contributed by atoms with E-state index in [4.69, 9.17) is 16.3 Å². The van der Waals surface area contributed by atoms with Crippen LogP contribution in [0.5, 0.6) is 0 Å². The van der Waals surface area contributed by atoms with Crippen molar-refractivity contribution in [3.05, 3.63) is 51.5 Å². The number of thiazole rings is 1. The van der Waals surface area contributed by atoms with Crippen LogP contribution in [-0.4, -0.2) is 34.1 Å². The first-order valence-corrected chi connectivity index (χ1v) is 9.83. The third-order valence-electron chi connectivity index (χ3n) is 3.40. The van der Waals surface area contributed by atoms with E-state index in [1.165, 1.54) is 29.2 Å². The molecule has 0 aliphatic carbocycles. The van der Waals surface area contributed by atoms with E-state index < -0.39 is 5.97 Å². The van der Waals surface area contributed by atoms with Crippen LogP contribution in [0, 0.1) is 0 Å². The zero-order valence-electron chi connectivity index (χ0n) is 13.4. The number of carbonyl (C=O) groups excluding carboxylic acids is 2. The number of esters is 1. The second kappa shape index (κ2) is 8.03. The first-order valence-electron chi connectivity index (χ1n) is 7.58. The molecule has 0 bridgehead atoms. The number of carbonyl (C=O) groups is 2. The van der Waals surface area contributed by atoms with E-state index in [1.54, 1.807) is 11.8 Å². The van der Waals surface area contributed by atoms with E-state index in [0.29, 0.717) is 29.0 Å². The molecule has 1 aliphatic rings. The molecule has 1 aromatic carbocycles. The van der Waals surface area contributed by atoms with Gasteiger partial charge in [-0.25, -0.2) is 9.78 Å². The van der Waals surface area contributed by atoms with Gasteiger partial charge in [-0.15, -0.1) is 11.3 Å². The second-order valence-corrected chi connectivity index (χ2v) is 7.44. The van der Waals surface area contributed by atoms with Crippen molar-refractivity contribution in [2.45, 2.75) is 13.5 Å². The Balaban J connectivity index is 1.75. The first kappa shape index (κ1) is 18.0. The molecule has 0 saturated carbocycles. The van der Waals surface area contributed by atoms with E-state index in [0.717, 1.165) is 16.3 Å². The molecular weight excluding hydrogens is 380 g/mol. The minimum Gasteiger partial charge on any atom is -0.463 e. The molecule has 1 fully saturated rings. The van der Waals surface area contributed by atoms with Gasteiger partial charge in [0.15, 0.2) is 0 Å². The molecule has 0 N–H and O–H groups in total. The Morgan fingerprint density at radius 3 is 2.88 bits per heavy atom. The summed E-state index contributed by atoms with van der Waals surface area (Å²) in [6, 6.07) is 7.46. The Kier molecular flexibility index (Phi) is 5.78. The summed E-state index contributed by atoms with van der Waals surface area (Å²) in [4.78, 5) is 29.9. The summed E-state index contributed by atoms with van der Waals surface area (Å²) in [5.74, 6) is -0.161. The largest absolute Gasteiger partial charge is 0.463 e. The number of hydrogen-bond acceptors (Lipinski definition) is 6. The monoisotopic (exact) mass is 394 g/mol. The molecule has 1 saturated heterocycles. The van der Waals surface area contributed by atoms with Crippen LogP contribution in [0.3, 0.4) is 0 Å². The third-order valence-corrected chi connectivity index (χ3v) is 5.62. The molecule has 0 atom stereocenters. The lowest BCUT2D eigenvalue weighted by atomic mass is 10.2. The fourth-order valence-electron chi connectivity index (χ4n) is 2.25. The van der Waals surface area contributed by atoms with Crippen LogP contribution >= 0.6 is 34.7 Å². The average Bonchev–Trinajstić information content (AvgIpc) is 3.18. The molecular formula is C17H15ClN2O3S2. The smallest absolute Gasteiger partial charge is 0.333 e. The van der Waals surface area contributed by atoms with Crippen LogP contribution in [0.4, 0.5) is 0 Å². The lowest BCUT2D eigenvalue weighted by Gasteiger charge is -2.15. The lowest BCUT2D eigenvalue weighted by molar-refractivity contribution is -0.137. The van der Waals surface area contributed by atoms with Crippen LogP contribution in [-0.2, 0) is 20.9 Å². The minimum absolute atomic E-state index is 0.0402. The number of aromatic nitrogens is 1. The summed E-state index contributed by atoms with van der Waals surface area (Å²) in [6.07, 6.45) is 1.37. The van der Waals surface area contributed by atoms with E-state index in [9.17, 15) is 9.59 Å². The first-order chi connectivity index (χ1) is 12.1. The van der Waals surface area contributed by atoms with E-state index in [1.807, 2.05) is 29.6 Å². The van der Waals surface area contributed by atoms with Gasteiger partial charge in [0, 0.05) is 16.0 Å². The predicted octanol–water partition coefficient (Wildman–Crippen LogP) is 3.94. The summed E-state index contributed by atoms with van der Waals surface area (Å²) >= 11 is 8.75. The number of ether oxygens (including phenoxy) is 1. The highest BCUT2D eigenvalue weighted by atomic mass is 35.5. The van der Waals surface area contributed by atoms with Gasteiger partial charge in [-0.2, -0.15) is 0 Å². The van der Waals surface area contributed by atoms with Crippen LogP contribution in [0.25, 0.3) is 10.6 Å². The second-order valence-electron chi connectivity index (χ2n) is 5.15. The molecule has 0 unspecified atom stereocenters. The van der Waals surface area contributed by atoms with Gasteiger partial charge in [0.25, 0.3) is 0 Å². The van der Waals surface area contributed by atoms with E-state index >= 15 is 0 Å². The number of rotatable bonds is 5. The van der Waals surface area contributed by atoms with Gasteiger partial charge >= 0.3 is 5.97 Å². The Labute approximate surface area is 158 Å². The SMILES string of the molecule is CCOC(=O)C=C1SCC(=O)N1Cc1csc(-c2ccc(Cl)cc2)n1. The average molecular weight is 395 g/mol. The van der Waals surface area contributed by atoms with Crippen molar-refractivity contribution in [3.8, 4) is 10.6 Å². The zero-order valence-corrected chi connectivity index (χ0v) is 15.8. The molecule has 0 spiro atoms. The maximum absolute atomic E-state index is 12.1. The number of benzene rings is 1. The van der Waals surface area contributed by atoms with Gasteiger partial charge in [-0.3, -0.25) is 9.69 Å². The van der Waals surface area contributed by atoms with Crippen molar-refractivity contribution in [2.24, 2.45) is 0 Å². The molecule has 2 aromatic rings. The van der Waals surface area contributed by atoms with Gasteiger partial charge in [0.1, 0.15) is 5.01 Å². The summed E-state index contributed by atoms with van der Waals surface area (Å²) in [5.41, 5.74) is 1.76. The Morgan fingerprint density at radius 2 is 2.16 bits per heavy atom. The minimum atomic E-state index is -0.440. The predicted molar refractivity (Wildman–Crippen MR) is 100 cm³/mol. The molecule has 130 valence electrons. The molecule has 5 nitrogen and oxygen atoms in total. The molecule has 1 aliphatic heterocycles. The highest BCUT2D eigenvalue weighted by molar-refractivity contribution is 8.04. The van der Waals surface area contributed by atoms with Crippen molar-refractivity contribution >= 4 is 46.6 Å². The Morgan fingerprint density at radius 1 is 1.40 bits per heavy atom.